The van der Waals surface area contributed by atoms with Gasteiger partial charge in [-0.2, -0.15) is 0 Å². The Labute approximate surface area is 134 Å². The molecule has 0 aliphatic heterocycles. The van der Waals surface area contributed by atoms with Crippen LogP contribution in [0.2, 0.25) is 5.02 Å². The first-order chi connectivity index (χ1) is 10.4. The first-order valence-electron chi connectivity index (χ1n) is 6.89. The zero-order chi connectivity index (χ0) is 16.3. The predicted molar refractivity (Wildman–Crippen MR) is 88.5 cm³/mol. The number of anilines is 1. The molecular formula is C17H17ClN2O2. The van der Waals surface area contributed by atoms with Crippen LogP contribution < -0.4 is 11.1 Å². The summed E-state index contributed by atoms with van der Waals surface area (Å²) in [7, 11) is 0. The average molecular weight is 317 g/mol. The van der Waals surface area contributed by atoms with Crippen molar-refractivity contribution in [2.24, 2.45) is 5.73 Å². The molecule has 0 radical (unpaired) electrons. The Morgan fingerprint density at radius 3 is 2.27 bits per heavy atom. The quantitative estimate of drug-likeness (QED) is 0.900. The second-order valence-corrected chi connectivity index (χ2v) is 5.66. The summed E-state index contributed by atoms with van der Waals surface area (Å²) in [5, 5.41) is 2.88. The molecule has 2 rings (SSSR count). The molecule has 0 saturated carbocycles. The van der Waals surface area contributed by atoms with E-state index in [4.69, 9.17) is 17.3 Å². The molecule has 0 saturated heterocycles. The fourth-order valence-corrected chi connectivity index (χ4v) is 2.36. The van der Waals surface area contributed by atoms with Crippen LogP contribution in [0.4, 0.5) is 5.69 Å². The van der Waals surface area contributed by atoms with Crippen molar-refractivity contribution in [3.63, 3.8) is 0 Å². The van der Waals surface area contributed by atoms with E-state index < -0.39 is 5.91 Å². The number of rotatable bonds is 4. The summed E-state index contributed by atoms with van der Waals surface area (Å²) in [6, 6.07) is 12.1. The maximum atomic E-state index is 12.3. The molecule has 2 aromatic carbocycles. The van der Waals surface area contributed by atoms with Crippen molar-refractivity contribution in [1.82, 2.24) is 0 Å². The maximum absolute atomic E-state index is 12.3. The van der Waals surface area contributed by atoms with Crippen molar-refractivity contribution in [3.05, 3.63) is 64.2 Å². The molecule has 4 nitrogen and oxygen atoms in total. The van der Waals surface area contributed by atoms with Crippen molar-refractivity contribution in [2.45, 2.75) is 19.8 Å². The summed E-state index contributed by atoms with van der Waals surface area (Å²) < 4.78 is 0. The molecule has 0 aliphatic rings. The topological polar surface area (TPSA) is 72.2 Å². The lowest BCUT2D eigenvalue weighted by Gasteiger charge is -2.11. The van der Waals surface area contributed by atoms with Gasteiger partial charge in [-0.3, -0.25) is 9.59 Å². The number of benzene rings is 2. The van der Waals surface area contributed by atoms with Gasteiger partial charge in [0.25, 0.3) is 11.8 Å². The molecule has 114 valence electrons. The smallest absolute Gasteiger partial charge is 0.255 e. The summed E-state index contributed by atoms with van der Waals surface area (Å²) in [6.07, 6.45) is 0. The van der Waals surface area contributed by atoms with Crippen LogP contribution >= 0.6 is 11.6 Å². The second-order valence-electron chi connectivity index (χ2n) is 5.26. The highest BCUT2D eigenvalue weighted by Crippen LogP contribution is 2.24. The van der Waals surface area contributed by atoms with Crippen molar-refractivity contribution in [2.75, 3.05) is 5.32 Å². The third-order valence-electron chi connectivity index (χ3n) is 3.35. The number of halogens is 1. The zero-order valence-corrected chi connectivity index (χ0v) is 13.1. The lowest BCUT2D eigenvalue weighted by atomic mass is 10.0. The van der Waals surface area contributed by atoms with Crippen LogP contribution in [0.5, 0.6) is 0 Å². The molecule has 0 spiro atoms. The lowest BCUT2D eigenvalue weighted by molar-refractivity contribution is 0.100. The van der Waals surface area contributed by atoms with Crippen molar-refractivity contribution in [1.29, 1.82) is 0 Å². The minimum atomic E-state index is -0.684. The van der Waals surface area contributed by atoms with Crippen LogP contribution in [0.15, 0.2) is 42.5 Å². The molecular weight excluding hydrogens is 300 g/mol. The summed E-state index contributed by atoms with van der Waals surface area (Å²) in [6.45, 7) is 4.17. The molecule has 0 bridgehead atoms. The van der Waals surface area contributed by atoms with Crippen LogP contribution in [-0.4, -0.2) is 11.8 Å². The molecule has 22 heavy (non-hydrogen) atoms. The largest absolute Gasteiger partial charge is 0.365 e. The van der Waals surface area contributed by atoms with Gasteiger partial charge in [0.05, 0.1) is 16.3 Å². The first kappa shape index (κ1) is 16.0. The van der Waals surface area contributed by atoms with E-state index in [1.165, 1.54) is 0 Å². The fraction of sp³-hybridized carbons (Fsp3) is 0.176. The molecule has 0 aliphatic carbocycles. The number of primary amides is 1. The van der Waals surface area contributed by atoms with E-state index in [9.17, 15) is 9.59 Å². The van der Waals surface area contributed by atoms with E-state index in [1.807, 2.05) is 12.1 Å². The molecule has 0 aromatic heterocycles. The number of carbonyl (C=O) groups excluding carboxylic acids is 2. The normalized spacial score (nSPS) is 10.5. The molecule has 3 N–H and O–H groups in total. The summed E-state index contributed by atoms with van der Waals surface area (Å²) in [5.41, 5.74) is 7.37. The minimum Gasteiger partial charge on any atom is -0.365 e. The van der Waals surface area contributed by atoms with E-state index in [2.05, 4.69) is 19.2 Å². The minimum absolute atomic E-state index is 0.108. The Balaban J connectivity index is 2.26. The average Bonchev–Trinajstić information content (AvgIpc) is 2.47. The van der Waals surface area contributed by atoms with Gasteiger partial charge in [0.2, 0.25) is 0 Å². The Hall–Kier alpha value is -2.33. The van der Waals surface area contributed by atoms with Gasteiger partial charge in [-0.1, -0.05) is 43.6 Å². The zero-order valence-electron chi connectivity index (χ0n) is 12.4. The van der Waals surface area contributed by atoms with E-state index >= 15 is 0 Å². The van der Waals surface area contributed by atoms with E-state index in [-0.39, 0.29) is 16.5 Å². The van der Waals surface area contributed by atoms with Gasteiger partial charge in [0.15, 0.2) is 0 Å². The van der Waals surface area contributed by atoms with Crippen molar-refractivity contribution >= 4 is 29.1 Å². The number of nitrogens with two attached hydrogens (primary N) is 1. The van der Waals surface area contributed by atoms with E-state index in [1.54, 1.807) is 30.3 Å². The predicted octanol–water partition coefficient (Wildman–Crippen LogP) is 3.81. The number of carbonyl (C=O) groups is 2. The number of amides is 2. The highest BCUT2D eigenvalue weighted by molar-refractivity contribution is 6.34. The van der Waals surface area contributed by atoms with Gasteiger partial charge in [0, 0.05) is 5.56 Å². The number of nitrogens with one attached hydrogen (secondary N) is 1. The van der Waals surface area contributed by atoms with Crippen molar-refractivity contribution in [3.8, 4) is 0 Å². The first-order valence-corrected chi connectivity index (χ1v) is 7.27. The van der Waals surface area contributed by atoms with Gasteiger partial charge in [0.1, 0.15) is 0 Å². The van der Waals surface area contributed by atoms with Crippen LogP contribution in [0.25, 0.3) is 0 Å². The summed E-state index contributed by atoms with van der Waals surface area (Å²) in [4.78, 5) is 23.7. The molecule has 5 heteroatoms. The third-order valence-corrected chi connectivity index (χ3v) is 3.66. The molecule has 0 atom stereocenters. The Morgan fingerprint density at radius 1 is 1.09 bits per heavy atom. The van der Waals surface area contributed by atoms with Gasteiger partial charge in [-0.05, 0) is 35.7 Å². The molecule has 0 heterocycles. The van der Waals surface area contributed by atoms with Crippen molar-refractivity contribution < 1.29 is 9.59 Å². The monoisotopic (exact) mass is 316 g/mol. The van der Waals surface area contributed by atoms with Gasteiger partial charge in [-0.15, -0.1) is 0 Å². The fourth-order valence-electron chi connectivity index (χ4n) is 2.09. The van der Waals surface area contributed by atoms with Crippen LogP contribution in [0.3, 0.4) is 0 Å². The van der Waals surface area contributed by atoms with Gasteiger partial charge >= 0.3 is 0 Å². The van der Waals surface area contributed by atoms with Gasteiger partial charge in [-0.25, -0.2) is 0 Å². The molecule has 0 fully saturated rings. The van der Waals surface area contributed by atoms with E-state index in [0.717, 1.165) is 5.56 Å². The molecule has 2 amide bonds. The third kappa shape index (κ3) is 3.46. The maximum Gasteiger partial charge on any atom is 0.255 e. The Kier molecular flexibility index (Phi) is 4.83. The summed E-state index contributed by atoms with van der Waals surface area (Å²) in [5.74, 6) is -0.609. The van der Waals surface area contributed by atoms with Crippen LogP contribution in [0, 0.1) is 0 Å². The Morgan fingerprint density at radius 2 is 1.73 bits per heavy atom. The standard InChI is InChI=1S/C17H17ClN2O2/c1-10(2)11-6-8-12(9-7-11)17(22)20-14-5-3-4-13(18)15(14)16(19)21/h3-10H,1-2H3,(H2,19,21)(H,20,22). The highest BCUT2D eigenvalue weighted by atomic mass is 35.5. The summed E-state index contributed by atoms with van der Waals surface area (Å²) >= 11 is 5.96. The van der Waals surface area contributed by atoms with E-state index in [0.29, 0.717) is 17.2 Å². The number of hydrogen-bond donors (Lipinski definition) is 2. The Bertz CT molecular complexity index is 709. The SMILES string of the molecule is CC(C)c1ccc(C(=O)Nc2cccc(Cl)c2C(N)=O)cc1. The molecule has 2 aromatic rings. The number of hydrogen-bond acceptors (Lipinski definition) is 2. The lowest BCUT2D eigenvalue weighted by Crippen LogP contribution is -2.18. The molecule has 0 unspecified atom stereocenters. The van der Waals surface area contributed by atoms with Crippen LogP contribution in [-0.2, 0) is 0 Å². The van der Waals surface area contributed by atoms with Crippen LogP contribution in [0.1, 0.15) is 46.0 Å². The van der Waals surface area contributed by atoms with Gasteiger partial charge < -0.3 is 11.1 Å². The highest BCUT2D eigenvalue weighted by Gasteiger charge is 2.15. The second kappa shape index (κ2) is 6.62.